The van der Waals surface area contributed by atoms with Crippen LogP contribution in [-0.4, -0.2) is 43.7 Å². The molecule has 1 atom stereocenters. The Bertz CT molecular complexity index is 822. The van der Waals surface area contributed by atoms with E-state index in [1.807, 2.05) is 61.5 Å². The van der Waals surface area contributed by atoms with Crippen LogP contribution in [0.3, 0.4) is 0 Å². The maximum atomic E-state index is 12.0. The van der Waals surface area contributed by atoms with Crippen molar-refractivity contribution in [2.75, 3.05) is 32.8 Å². The minimum absolute atomic E-state index is 0.0257. The number of rotatable bonds is 8. The van der Waals surface area contributed by atoms with Crippen molar-refractivity contribution in [3.8, 4) is 0 Å². The zero-order chi connectivity index (χ0) is 20.5. The van der Waals surface area contributed by atoms with E-state index in [2.05, 4.69) is 4.90 Å². The molecule has 0 amide bonds. The Hall–Kier alpha value is -2.30. The quantitative estimate of drug-likeness (QED) is 0.346. The van der Waals surface area contributed by atoms with Crippen molar-refractivity contribution in [3.63, 3.8) is 0 Å². The number of hydrogen-bond donors (Lipinski definition) is 0. The number of benzene rings is 2. The number of likely N-dealkylation sites (tertiary alicyclic amines) is 1. The fourth-order valence-electron chi connectivity index (χ4n) is 3.62. The number of halogens is 1. The maximum absolute atomic E-state index is 12.0. The summed E-state index contributed by atoms with van der Waals surface area (Å²) in [5, 5.41) is 0.694. The second-order valence-electron chi connectivity index (χ2n) is 7.14. The largest absolute Gasteiger partial charge is 0.499 e. The molecule has 1 heterocycles. The molecular weight excluding hydrogens is 386 g/mol. The number of hydrogen-bond acceptors (Lipinski definition) is 4. The highest BCUT2D eigenvalue weighted by Crippen LogP contribution is 2.29. The Labute approximate surface area is 178 Å². The van der Waals surface area contributed by atoms with Gasteiger partial charge in [0.1, 0.15) is 6.61 Å². The second kappa shape index (κ2) is 11.0. The van der Waals surface area contributed by atoms with Crippen LogP contribution < -0.4 is 0 Å². The maximum Gasteiger partial charge on any atom is 0.310 e. The number of ether oxygens (including phenoxy) is 2. The van der Waals surface area contributed by atoms with Gasteiger partial charge in [-0.1, -0.05) is 60.1 Å². The van der Waals surface area contributed by atoms with E-state index in [0.717, 1.165) is 49.2 Å². The lowest BCUT2D eigenvalue weighted by molar-refractivity contribution is -0.150. The van der Waals surface area contributed by atoms with Gasteiger partial charge in [0.15, 0.2) is 0 Å². The van der Waals surface area contributed by atoms with Crippen molar-refractivity contribution in [3.05, 3.63) is 77.0 Å². The molecule has 0 N–H and O–H groups in total. The summed E-state index contributed by atoms with van der Waals surface area (Å²) in [4.78, 5) is 14.3. The van der Waals surface area contributed by atoms with Crippen molar-refractivity contribution >= 4 is 23.1 Å². The number of esters is 1. The Morgan fingerprint density at radius 3 is 2.69 bits per heavy atom. The molecule has 29 heavy (non-hydrogen) atoms. The van der Waals surface area contributed by atoms with Crippen LogP contribution in [0, 0.1) is 5.92 Å². The molecule has 0 aromatic heterocycles. The van der Waals surface area contributed by atoms with E-state index < -0.39 is 0 Å². The molecule has 0 radical (unpaired) electrons. The van der Waals surface area contributed by atoms with Crippen molar-refractivity contribution < 1.29 is 14.3 Å². The standard InChI is InChI=1S/C24H28ClNO3/c1-2-29-24(27)20-11-8-14-26(17-20)15-16-28-18-22(19-9-4-3-5-10-19)21-12-6-7-13-23(21)25/h3-7,9-10,12-13,18,20H,2,8,11,14-17H2,1H3/b22-18+/t20-/m1/s1. The molecule has 154 valence electrons. The van der Waals surface area contributed by atoms with E-state index in [0.29, 0.717) is 18.2 Å². The molecule has 5 heteroatoms. The highest BCUT2D eigenvalue weighted by Gasteiger charge is 2.26. The van der Waals surface area contributed by atoms with Gasteiger partial charge in [-0.25, -0.2) is 0 Å². The minimum Gasteiger partial charge on any atom is -0.499 e. The SMILES string of the molecule is CCOC(=O)[C@@H]1CCCN(CCO/C=C(\c2ccccc2)c2ccccc2Cl)C1. The van der Waals surface area contributed by atoms with Gasteiger partial charge >= 0.3 is 5.97 Å². The van der Waals surface area contributed by atoms with Crippen LogP contribution in [0.1, 0.15) is 30.9 Å². The highest BCUT2D eigenvalue weighted by atomic mass is 35.5. The van der Waals surface area contributed by atoms with Crippen molar-refractivity contribution in [2.45, 2.75) is 19.8 Å². The molecule has 1 aliphatic heterocycles. The number of nitrogens with zero attached hydrogens (tertiary/aromatic N) is 1. The smallest absolute Gasteiger partial charge is 0.310 e. The van der Waals surface area contributed by atoms with E-state index >= 15 is 0 Å². The average molecular weight is 414 g/mol. The molecule has 0 aliphatic carbocycles. The van der Waals surface area contributed by atoms with E-state index in [-0.39, 0.29) is 11.9 Å². The van der Waals surface area contributed by atoms with Crippen molar-refractivity contribution in [1.82, 2.24) is 4.90 Å². The van der Waals surface area contributed by atoms with Crippen LogP contribution in [0.4, 0.5) is 0 Å². The lowest BCUT2D eigenvalue weighted by atomic mass is 9.98. The molecule has 0 saturated carbocycles. The third-order valence-corrected chi connectivity index (χ3v) is 5.43. The molecule has 1 fully saturated rings. The summed E-state index contributed by atoms with van der Waals surface area (Å²) in [6, 6.07) is 17.9. The monoisotopic (exact) mass is 413 g/mol. The summed E-state index contributed by atoms with van der Waals surface area (Å²) < 4.78 is 11.1. The van der Waals surface area contributed by atoms with Gasteiger partial charge in [0.25, 0.3) is 0 Å². The normalized spacial score (nSPS) is 17.7. The van der Waals surface area contributed by atoms with Gasteiger partial charge in [0, 0.05) is 29.2 Å². The Kier molecular flexibility index (Phi) is 8.14. The predicted octanol–water partition coefficient (Wildman–Crippen LogP) is 5.02. The Balaban J connectivity index is 1.62. The van der Waals surface area contributed by atoms with Crippen LogP contribution in [0.5, 0.6) is 0 Å². The molecule has 2 aromatic rings. The summed E-state index contributed by atoms with van der Waals surface area (Å²) >= 11 is 6.43. The van der Waals surface area contributed by atoms with Gasteiger partial charge in [-0.3, -0.25) is 9.69 Å². The van der Waals surface area contributed by atoms with Gasteiger partial charge in [0.2, 0.25) is 0 Å². The van der Waals surface area contributed by atoms with Gasteiger partial charge in [-0.15, -0.1) is 0 Å². The average Bonchev–Trinajstić information content (AvgIpc) is 2.76. The zero-order valence-electron chi connectivity index (χ0n) is 16.9. The molecule has 1 aliphatic rings. The van der Waals surface area contributed by atoms with Crippen LogP contribution in [0.2, 0.25) is 5.02 Å². The first-order valence-corrected chi connectivity index (χ1v) is 10.6. The van der Waals surface area contributed by atoms with Crippen LogP contribution >= 0.6 is 11.6 Å². The molecular formula is C24H28ClNO3. The van der Waals surface area contributed by atoms with Crippen molar-refractivity contribution in [2.24, 2.45) is 5.92 Å². The Morgan fingerprint density at radius 1 is 1.17 bits per heavy atom. The topological polar surface area (TPSA) is 38.8 Å². The van der Waals surface area contributed by atoms with E-state index in [1.54, 1.807) is 6.26 Å². The number of carbonyl (C=O) groups excluding carboxylic acids is 1. The molecule has 3 rings (SSSR count). The summed E-state index contributed by atoms with van der Waals surface area (Å²) in [6.45, 7) is 5.34. The summed E-state index contributed by atoms with van der Waals surface area (Å²) in [7, 11) is 0. The molecule has 2 aromatic carbocycles. The summed E-state index contributed by atoms with van der Waals surface area (Å²) in [5.74, 6) is -0.106. The molecule has 1 saturated heterocycles. The van der Waals surface area contributed by atoms with Gasteiger partial charge in [-0.2, -0.15) is 0 Å². The molecule has 4 nitrogen and oxygen atoms in total. The third kappa shape index (κ3) is 6.09. The lowest BCUT2D eigenvalue weighted by Crippen LogP contribution is -2.40. The zero-order valence-corrected chi connectivity index (χ0v) is 17.6. The van der Waals surface area contributed by atoms with Gasteiger partial charge < -0.3 is 9.47 Å². The minimum atomic E-state index is -0.0805. The second-order valence-corrected chi connectivity index (χ2v) is 7.55. The Morgan fingerprint density at radius 2 is 1.93 bits per heavy atom. The summed E-state index contributed by atoms with van der Waals surface area (Å²) in [5.41, 5.74) is 2.96. The number of carbonyl (C=O) groups is 1. The van der Waals surface area contributed by atoms with Crippen molar-refractivity contribution in [1.29, 1.82) is 0 Å². The fraction of sp³-hybridized carbons (Fsp3) is 0.375. The van der Waals surface area contributed by atoms with E-state index in [1.165, 1.54) is 0 Å². The third-order valence-electron chi connectivity index (χ3n) is 5.10. The van der Waals surface area contributed by atoms with Crippen LogP contribution in [0.15, 0.2) is 60.9 Å². The highest BCUT2D eigenvalue weighted by molar-refractivity contribution is 6.32. The first-order chi connectivity index (χ1) is 14.2. The lowest BCUT2D eigenvalue weighted by Gasteiger charge is -2.31. The van der Waals surface area contributed by atoms with Gasteiger partial charge in [0.05, 0.1) is 18.8 Å². The first-order valence-electron chi connectivity index (χ1n) is 10.2. The number of piperidine rings is 1. The molecule has 0 unspecified atom stereocenters. The predicted molar refractivity (Wildman–Crippen MR) is 117 cm³/mol. The van der Waals surface area contributed by atoms with Gasteiger partial charge in [-0.05, 0) is 37.9 Å². The molecule has 0 spiro atoms. The van der Waals surface area contributed by atoms with Crippen LogP contribution in [-0.2, 0) is 14.3 Å². The fourth-order valence-corrected chi connectivity index (χ4v) is 3.86. The summed E-state index contributed by atoms with van der Waals surface area (Å²) in [6.07, 6.45) is 3.71. The van der Waals surface area contributed by atoms with E-state index in [4.69, 9.17) is 21.1 Å². The van der Waals surface area contributed by atoms with Crippen LogP contribution in [0.25, 0.3) is 5.57 Å². The first kappa shape index (κ1) is 21.4. The van der Waals surface area contributed by atoms with E-state index in [9.17, 15) is 4.79 Å². The molecule has 0 bridgehead atoms.